The number of hydrogen-bond acceptors (Lipinski definition) is 1. The van der Waals surface area contributed by atoms with Gasteiger partial charge in [0.25, 0.3) is 0 Å². The Balaban J connectivity index is 2.20. The van der Waals surface area contributed by atoms with E-state index in [0.717, 1.165) is 25.0 Å². The van der Waals surface area contributed by atoms with E-state index in [1.165, 1.54) is 18.4 Å². The van der Waals surface area contributed by atoms with E-state index in [9.17, 15) is 0 Å². The molecule has 0 amide bonds. The molecule has 2 aliphatic rings. The summed E-state index contributed by atoms with van der Waals surface area (Å²) in [5.74, 6) is 2.04. The third-order valence-electron chi connectivity index (χ3n) is 4.59. The third-order valence-corrected chi connectivity index (χ3v) is 4.59. The molecule has 0 saturated carbocycles. The maximum atomic E-state index is 5.66. The SMILES string of the molecule is CC1COCc2ccc3c(c21)C(C)CC[C@@H]3C. The van der Waals surface area contributed by atoms with Crippen LogP contribution in [0.2, 0.25) is 0 Å². The van der Waals surface area contributed by atoms with E-state index in [4.69, 9.17) is 4.74 Å². The van der Waals surface area contributed by atoms with Gasteiger partial charge in [-0.15, -0.1) is 0 Å². The molecule has 0 radical (unpaired) electrons. The predicted molar refractivity (Wildman–Crippen MR) is 70.6 cm³/mol. The van der Waals surface area contributed by atoms with Crippen molar-refractivity contribution in [1.82, 2.24) is 0 Å². The Morgan fingerprint density at radius 3 is 2.53 bits per heavy atom. The summed E-state index contributed by atoms with van der Waals surface area (Å²) in [5.41, 5.74) is 6.32. The zero-order chi connectivity index (χ0) is 12.0. The molecule has 1 nitrogen and oxygen atoms in total. The smallest absolute Gasteiger partial charge is 0.0720 e. The summed E-state index contributed by atoms with van der Waals surface area (Å²) in [6, 6.07) is 4.66. The lowest BCUT2D eigenvalue weighted by Crippen LogP contribution is -2.21. The van der Waals surface area contributed by atoms with E-state index in [2.05, 4.69) is 32.9 Å². The van der Waals surface area contributed by atoms with E-state index in [1.54, 1.807) is 16.7 Å². The second kappa shape index (κ2) is 4.13. The normalized spacial score (nSPS) is 31.8. The number of hydrogen-bond donors (Lipinski definition) is 0. The highest BCUT2D eigenvalue weighted by atomic mass is 16.5. The van der Waals surface area contributed by atoms with Crippen LogP contribution in [0.15, 0.2) is 12.1 Å². The van der Waals surface area contributed by atoms with Crippen molar-refractivity contribution in [2.45, 2.75) is 58.0 Å². The van der Waals surface area contributed by atoms with Crippen LogP contribution in [-0.2, 0) is 11.3 Å². The number of fused-ring (bicyclic) bond motifs is 3. The molecule has 1 aromatic carbocycles. The van der Waals surface area contributed by atoms with Gasteiger partial charge in [0.15, 0.2) is 0 Å². The molecule has 2 unspecified atom stereocenters. The maximum Gasteiger partial charge on any atom is 0.0720 e. The summed E-state index contributed by atoms with van der Waals surface area (Å²) >= 11 is 0. The first-order valence-electron chi connectivity index (χ1n) is 6.91. The molecule has 0 bridgehead atoms. The van der Waals surface area contributed by atoms with Gasteiger partial charge in [-0.2, -0.15) is 0 Å². The Morgan fingerprint density at radius 2 is 1.71 bits per heavy atom. The molecule has 0 spiro atoms. The molecule has 0 fully saturated rings. The molecule has 0 N–H and O–H groups in total. The van der Waals surface area contributed by atoms with Crippen LogP contribution in [-0.4, -0.2) is 6.61 Å². The van der Waals surface area contributed by atoms with Crippen LogP contribution < -0.4 is 0 Å². The van der Waals surface area contributed by atoms with Crippen molar-refractivity contribution in [3.8, 4) is 0 Å². The molecule has 3 rings (SSSR count). The second-order valence-electron chi connectivity index (χ2n) is 5.94. The van der Waals surface area contributed by atoms with Crippen LogP contribution >= 0.6 is 0 Å². The monoisotopic (exact) mass is 230 g/mol. The van der Waals surface area contributed by atoms with Gasteiger partial charge in [0.05, 0.1) is 13.2 Å². The Morgan fingerprint density at radius 1 is 0.941 bits per heavy atom. The molecule has 1 heteroatoms. The van der Waals surface area contributed by atoms with Gasteiger partial charge in [0.1, 0.15) is 0 Å². The van der Waals surface area contributed by atoms with E-state index in [0.29, 0.717) is 5.92 Å². The lowest BCUT2D eigenvalue weighted by Gasteiger charge is -2.35. The summed E-state index contributed by atoms with van der Waals surface area (Å²) in [6.07, 6.45) is 2.69. The summed E-state index contributed by atoms with van der Waals surface area (Å²) in [7, 11) is 0. The van der Waals surface area contributed by atoms with Crippen molar-refractivity contribution in [2.24, 2.45) is 0 Å². The standard InChI is InChI=1S/C16H22O/c1-10-4-5-11(2)16-14(10)7-6-13-9-17-8-12(3)15(13)16/h6-7,10-12H,4-5,8-9H2,1-3H3/t10-,11?,12?/m0/s1. The Kier molecular flexibility index (Phi) is 2.74. The highest BCUT2D eigenvalue weighted by molar-refractivity contribution is 5.48. The van der Waals surface area contributed by atoms with Crippen molar-refractivity contribution >= 4 is 0 Å². The largest absolute Gasteiger partial charge is 0.376 e. The first kappa shape index (κ1) is 11.3. The van der Waals surface area contributed by atoms with Gasteiger partial charge in [0, 0.05) is 5.92 Å². The van der Waals surface area contributed by atoms with Gasteiger partial charge >= 0.3 is 0 Å². The fourth-order valence-electron chi connectivity index (χ4n) is 3.61. The highest BCUT2D eigenvalue weighted by Crippen LogP contribution is 2.44. The van der Waals surface area contributed by atoms with Gasteiger partial charge in [-0.25, -0.2) is 0 Å². The Labute approximate surface area is 104 Å². The zero-order valence-corrected chi connectivity index (χ0v) is 11.1. The van der Waals surface area contributed by atoms with Crippen molar-refractivity contribution < 1.29 is 4.74 Å². The van der Waals surface area contributed by atoms with E-state index in [-0.39, 0.29) is 0 Å². The van der Waals surface area contributed by atoms with Crippen LogP contribution in [0.1, 0.15) is 73.6 Å². The van der Waals surface area contributed by atoms with Crippen LogP contribution in [0.3, 0.4) is 0 Å². The molecule has 1 heterocycles. The fraction of sp³-hybridized carbons (Fsp3) is 0.625. The van der Waals surface area contributed by atoms with Gasteiger partial charge in [0.2, 0.25) is 0 Å². The average molecular weight is 230 g/mol. The first-order valence-corrected chi connectivity index (χ1v) is 6.91. The lowest BCUT2D eigenvalue weighted by molar-refractivity contribution is 0.0943. The third kappa shape index (κ3) is 1.72. The molecule has 0 aromatic heterocycles. The molecular weight excluding hydrogens is 208 g/mol. The minimum atomic E-state index is 0.571. The van der Waals surface area contributed by atoms with Crippen LogP contribution in [0.5, 0.6) is 0 Å². The van der Waals surface area contributed by atoms with E-state index >= 15 is 0 Å². The summed E-state index contributed by atoms with van der Waals surface area (Å²) in [5, 5.41) is 0. The lowest BCUT2D eigenvalue weighted by atomic mass is 9.72. The van der Waals surface area contributed by atoms with Gasteiger partial charge in [-0.1, -0.05) is 32.9 Å². The predicted octanol–water partition coefficient (Wildman–Crippen LogP) is 4.32. The summed E-state index contributed by atoms with van der Waals surface area (Å²) < 4.78 is 5.66. The van der Waals surface area contributed by atoms with Crippen LogP contribution in [0.25, 0.3) is 0 Å². The number of benzene rings is 1. The molecule has 1 aliphatic carbocycles. The van der Waals surface area contributed by atoms with Gasteiger partial charge in [-0.05, 0) is 46.9 Å². The van der Waals surface area contributed by atoms with E-state index < -0.39 is 0 Å². The molecule has 1 aromatic rings. The second-order valence-corrected chi connectivity index (χ2v) is 5.94. The first-order chi connectivity index (χ1) is 8.18. The minimum absolute atomic E-state index is 0.571. The van der Waals surface area contributed by atoms with Crippen molar-refractivity contribution in [2.75, 3.05) is 6.61 Å². The molecular formula is C16H22O. The van der Waals surface area contributed by atoms with Gasteiger partial charge in [-0.3, -0.25) is 0 Å². The molecule has 1 aliphatic heterocycles. The van der Waals surface area contributed by atoms with Crippen molar-refractivity contribution in [3.63, 3.8) is 0 Å². The Bertz CT molecular complexity index is 435. The maximum absolute atomic E-state index is 5.66. The minimum Gasteiger partial charge on any atom is -0.376 e. The highest BCUT2D eigenvalue weighted by Gasteiger charge is 2.29. The van der Waals surface area contributed by atoms with Crippen molar-refractivity contribution in [1.29, 1.82) is 0 Å². The fourth-order valence-corrected chi connectivity index (χ4v) is 3.61. The average Bonchev–Trinajstić information content (AvgIpc) is 2.33. The van der Waals surface area contributed by atoms with Gasteiger partial charge < -0.3 is 4.74 Å². The number of ether oxygens (including phenoxy) is 1. The quantitative estimate of drug-likeness (QED) is 0.645. The number of rotatable bonds is 0. The van der Waals surface area contributed by atoms with Crippen LogP contribution in [0.4, 0.5) is 0 Å². The molecule has 0 saturated heterocycles. The van der Waals surface area contributed by atoms with E-state index in [1.807, 2.05) is 0 Å². The summed E-state index contributed by atoms with van der Waals surface area (Å²) in [4.78, 5) is 0. The molecule has 3 atom stereocenters. The Hall–Kier alpha value is -0.820. The zero-order valence-electron chi connectivity index (χ0n) is 11.1. The molecule has 17 heavy (non-hydrogen) atoms. The van der Waals surface area contributed by atoms with Crippen molar-refractivity contribution in [3.05, 3.63) is 34.4 Å². The topological polar surface area (TPSA) is 9.23 Å². The summed E-state index contributed by atoms with van der Waals surface area (Å²) in [6.45, 7) is 8.79. The van der Waals surface area contributed by atoms with Crippen LogP contribution in [0, 0.1) is 0 Å². The molecule has 92 valence electrons.